The minimum Gasteiger partial charge on any atom is -0.460 e. The van der Waals surface area contributed by atoms with Crippen LogP contribution in [0.15, 0.2) is 48.8 Å². The number of esters is 1. The van der Waals surface area contributed by atoms with Gasteiger partial charge in [0.1, 0.15) is 31.0 Å². The second kappa shape index (κ2) is 7.50. The zero-order valence-corrected chi connectivity index (χ0v) is 14.1. The van der Waals surface area contributed by atoms with E-state index < -0.39 is 18.1 Å². The van der Waals surface area contributed by atoms with E-state index in [4.69, 9.17) is 14.2 Å². The number of fused-ring (bicyclic) bond motifs is 1. The van der Waals surface area contributed by atoms with E-state index >= 15 is 0 Å². The van der Waals surface area contributed by atoms with Gasteiger partial charge in [0.15, 0.2) is 0 Å². The smallest absolute Gasteiger partial charge is 0.328 e. The molecular weight excluding hydrogens is 355 g/mol. The highest BCUT2D eigenvalue weighted by Gasteiger charge is 2.25. The number of carbonyl (C=O) groups is 1. The summed E-state index contributed by atoms with van der Waals surface area (Å²) in [5.41, 5.74) is 1.84. The fourth-order valence-electron chi connectivity index (χ4n) is 2.75. The molecule has 0 bridgehead atoms. The lowest BCUT2D eigenvalue weighted by Crippen LogP contribution is -2.20. The normalized spacial score (nSPS) is 15.7. The van der Waals surface area contributed by atoms with Crippen LogP contribution in [0.4, 0.5) is 4.39 Å². The van der Waals surface area contributed by atoms with Gasteiger partial charge in [0.2, 0.25) is 6.29 Å². The molecule has 1 unspecified atom stereocenters. The molecule has 0 amide bonds. The number of carbonyl (C=O) groups excluding carboxylic acids is 1. The summed E-state index contributed by atoms with van der Waals surface area (Å²) in [4.78, 5) is 11.9. The third-order valence-electron chi connectivity index (χ3n) is 3.97. The molecule has 2 heterocycles. The molecule has 9 heteroatoms. The van der Waals surface area contributed by atoms with Crippen LogP contribution < -0.4 is 4.74 Å². The summed E-state index contributed by atoms with van der Waals surface area (Å²) in [6.45, 7) is -0.0814. The monoisotopic (exact) mass is 370 g/mol. The van der Waals surface area contributed by atoms with Crippen molar-refractivity contribution in [3.05, 3.63) is 71.3 Å². The number of hydrogen-bond donors (Lipinski definition) is 0. The van der Waals surface area contributed by atoms with Gasteiger partial charge in [-0.1, -0.05) is 30.3 Å². The van der Waals surface area contributed by atoms with E-state index in [0.29, 0.717) is 16.9 Å². The largest absolute Gasteiger partial charge is 0.460 e. The van der Waals surface area contributed by atoms with Crippen molar-refractivity contribution in [2.75, 3.05) is 0 Å². The van der Waals surface area contributed by atoms with Gasteiger partial charge >= 0.3 is 5.97 Å². The summed E-state index contributed by atoms with van der Waals surface area (Å²) >= 11 is 0. The number of halogens is 1. The van der Waals surface area contributed by atoms with E-state index in [9.17, 15) is 9.18 Å². The van der Waals surface area contributed by atoms with E-state index in [2.05, 4.69) is 15.5 Å². The lowest BCUT2D eigenvalue weighted by atomic mass is 10.1. The molecular formula is C18H15FN4O4. The summed E-state index contributed by atoms with van der Waals surface area (Å²) in [6, 6.07) is 12.1. The van der Waals surface area contributed by atoms with Crippen molar-refractivity contribution in [1.82, 2.24) is 20.2 Å². The highest BCUT2D eigenvalue weighted by Crippen LogP contribution is 2.36. The minimum absolute atomic E-state index is 0.136. The summed E-state index contributed by atoms with van der Waals surface area (Å²) in [5, 5.41) is 10.5. The Labute approximate surface area is 153 Å². The van der Waals surface area contributed by atoms with Gasteiger partial charge in [-0.25, -0.2) is 9.07 Å². The van der Waals surface area contributed by atoms with Crippen molar-refractivity contribution < 1.29 is 23.4 Å². The van der Waals surface area contributed by atoms with Crippen LogP contribution in [0.5, 0.6) is 5.75 Å². The molecule has 4 rings (SSSR count). The molecule has 0 fully saturated rings. The Bertz CT molecular complexity index is 934. The first-order chi connectivity index (χ1) is 13.2. The summed E-state index contributed by atoms with van der Waals surface area (Å²) in [6.07, 6.45) is 0.691. The number of rotatable bonds is 5. The van der Waals surface area contributed by atoms with E-state index in [0.717, 1.165) is 5.56 Å². The van der Waals surface area contributed by atoms with Crippen molar-refractivity contribution in [2.24, 2.45) is 0 Å². The van der Waals surface area contributed by atoms with Crippen LogP contribution >= 0.6 is 0 Å². The Morgan fingerprint density at radius 2 is 2.15 bits per heavy atom. The van der Waals surface area contributed by atoms with E-state index in [1.54, 1.807) is 0 Å². The molecule has 1 aliphatic heterocycles. The zero-order chi connectivity index (χ0) is 18.6. The van der Waals surface area contributed by atoms with E-state index in [1.807, 2.05) is 30.3 Å². The van der Waals surface area contributed by atoms with Gasteiger partial charge in [0.25, 0.3) is 0 Å². The number of ether oxygens (including phenoxy) is 3. The topological polar surface area (TPSA) is 88.4 Å². The van der Waals surface area contributed by atoms with Crippen molar-refractivity contribution in [3.63, 3.8) is 0 Å². The maximum absolute atomic E-state index is 13.9. The Morgan fingerprint density at radius 1 is 1.30 bits per heavy atom. The van der Waals surface area contributed by atoms with Crippen LogP contribution in [0.3, 0.4) is 0 Å². The van der Waals surface area contributed by atoms with Gasteiger partial charge in [-0.2, -0.15) is 0 Å². The maximum Gasteiger partial charge on any atom is 0.328 e. The zero-order valence-electron chi connectivity index (χ0n) is 14.1. The molecule has 0 saturated carbocycles. The van der Waals surface area contributed by atoms with Crippen LogP contribution in [0.1, 0.15) is 23.0 Å². The van der Waals surface area contributed by atoms with Crippen LogP contribution in [0.25, 0.3) is 0 Å². The summed E-state index contributed by atoms with van der Waals surface area (Å²) in [5.74, 6) is -0.538. The van der Waals surface area contributed by atoms with Gasteiger partial charge in [0, 0.05) is 16.7 Å². The van der Waals surface area contributed by atoms with Crippen LogP contribution in [0, 0.1) is 5.82 Å². The first kappa shape index (κ1) is 17.1. The molecule has 0 spiro atoms. The number of aromatic nitrogens is 4. The van der Waals surface area contributed by atoms with Gasteiger partial charge in [-0.3, -0.25) is 4.79 Å². The highest BCUT2D eigenvalue weighted by atomic mass is 19.1. The average Bonchev–Trinajstić information content (AvgIpc) is 3.19. The first-order valence-electron chi connectivity index (χ1n) is 8.20. The maximum atomic E-state index is 13.9. The van der Waals surface area contributed by atoms with E-state index in [1.165, 1.54) is 23.1 Å². The lowest BCUT2D eigenvalue weighted by molar-refractivity contribution is -0.146. The molecule has 0 aliphatic carbocycles. The fraction of sp³-hybridized carbons (Fsp3) is 0.222. The van der Waals surface area contributed by atoms with Gasteiger partial charge in [-0.15, -0.1) is 5.10 Å². The second-order valence-corrected chi connectivity index (χ2v) is 5.89. The van der Waals surface area contributed by atoms with Crippen LogP contribution in [-0.4, -0.2) is 26.2 Å². The van der Waals surface area contributed by atoms with Crippen molar-refractivity contribution in [1.29, 1.82) is 0 Å². The summed E-state index contributed by atoms with van der Waals surface area (Å²) in [7, 11) is 0. The number of nitrogens with zero attached hydrogens (tertiary/aromatic N) is 4. The third kappa shape index (κ3) is 3.93. The molecule has 0 radical (unpaired) electrons. The Kier molecular flexibility index (Phi) is 4.75. The molecule has 1 aliphatic rings. The molecule has 1 atom stereocenters. The lowest BCUT2D eigenvalue weighted by Gasteiger charge is -2.28. The number of benzene rings is 2. The summed E-state index contributed by atoms with van der Waals surface area (Å²) < 4.78 is 32.0. The van der Waals surface area contributed by atoms with Gasteiger partial charge < -0.3 is 14.2 Å². The molecule has 27 heavy (non-hydrogen) atoms. The van der Waals surface area contributed by atoms with E-state index in [-0.39, 0.29) is 19.8 Å². The minimum atomic E-state index is -0.611. The molecule has 3 aromatic rings. The first-order valence-corrected chi connectivity index (χ1v) is 8.20. The second-order valence-electron chi connectivity index (χ2n) is 5.89. The number of tetrazole rings is 1. The van der Waals surface area contributed by atoms with Crippen molar-refractivity contribution in [2.45, 2.75) is 26.0 Å². The third-order valence-corrected chi connectivity index (χ3v) is 3.97. The van der Waals surface area contributed by atoms with Crippen molar-refractivity contribution in [3.8, 4) is 5.75 Å². The Hall–Kier alpha value is -3.33. The fourth-order valence-corrected chi connectivity index (χ4v) is 2.75. The quantitative estimate of drug-likeness (QED) is 0.636. The predicted octanol–water partition coefficient (Wildman–Crippen LogP) is 2.16. The van der Waals surface area contributed by atoms with Gasteiger partial charge in [0.05, 0.1) is 6.61 Å². The molecule has 0 saturated heterocycles. The molecule has 2 aromatic carbocycles. The molecule has 1 aromatic heterocycles. The Balaban J connectivity index is 1.50. The molecule has 0 N–H and O–H groups in total. The molecule has 138 valence electrons. The van der Waals surface area contributed by atoms with Gasteiger partial charge in [-0.05, 0) is 22.6 Å². The standard InChI is InChI=1S/C18H15FN4O4/c19-15-6-13(9-25-16(24)8-23-11-20-21-22-23)17-14(7-15)10-26-18(27-17)12-4-2-1-3-5-12/h1-7,11,18H,8-10H2. The van der Waals surface area contributed by atoms with Crippen molar-refractivity contribution >= 4 is 5.97 Å². The van der Waals surface area contributed by atoms with Crippen LogP contribution in [-0.2, 0) is 34.0 Å². The number of hydrogen-bond acceptors (Lipinski definition) is 7. The SMILES string of the molecule is O=C(Cn1cnnn1)OCc1cc(F)cc2c1OC(c1ccccc1)OC2. The highest BCUT2D eigenvalue weighted by molar-refractivity contribution is 5.69. The average molecular weight is 370 g/mol. The Morgan fingerprint density at radius 3 is 2.93 bits per heavy atom. The molecule has 8 nitrogen and oxygen atoms in total. The predicted molar refractivity (Wildman–Crippen MR) is 88.6 cm³/mol. The van der Waals surface area contributed by atoms with Crippen LogP contribution in [0.2, 0.25) is 0 Å².